The van der Waals surface area contributed by atoms with E-state index >= 15 is 0 Å². The molecular weight excluding hydrogens is 308 g/mol. The number of hydrogen-bond donors (Lipinski definition) is 3. The van der Waals surface area contributed by atoms with Gasteiger partial charge in [0.1, 0.15) is 0 Å². The van der Waals surface area contributed by atoms with Crippen molar-refractivity contribution in [3.63, 3.8) is 0 Å². The van der Waals surface area contributed by atoms with Crippen LogP contribution in [0.5, 0.6) is 23.0 Å². The maximum atomic E-state index is 10.0. The largest absolute Gasteiger partial charge is 0.504 e. The van der Waals surface area contributed by atoms with E-state index in [9.17, 15) is 10.2 Å². The highest BCUT2D eigenvalue weighted by Crippen LogP contribution is 2.30. The normalized spacial score (nSPS) is 11.7. The molecule has 0 aliphatic carbocycles. The summed E-state index contributed by atoms with van der Waals surface area (Å²) in [6.45, 7) is 0.216. The monoisotopic (exact) mass is 328 g/mol. The summed E-state index contributed by atoms with van der Waals surface area (Å²) < 4.78 is 10.1. The molecule has 0 aliphatic heterocycles. The van der Waals surface area contributed by atoms with E-state index in [2.05, 4.69) is 4.99 Å². The number of para-hydroxylation sites is 2. The fraction of sp³-hybridized carbons (Fsp3) is 0.167. The molecule has 0 radical (unpaired) electrons. The van der Waals surface area contributed by atoms with Gasteiger partial charge in [0.25, 0.3) is 0 Å². The van der Waals surface area contributed by atoms with Gasteiger partial charge < -0.3 is 25.4 Å². The lowest BCUT2D eigenvalue weighted by atomic mass is 10.1. The Kier molecular flexibility index (Phi) is 5.68. The van der Waals surface area contributed by atoms with Crippen LogP contribution in [0.25, 0.3) is 6.08 Å². The lowest BCUT2D eigenvalue weighted by Crippen LogP contribution is -2.01. The molecular formula is C18H20N2O4. The number of nitrogens with zero attached hydrogens (tertiary/aromatic N) is 1. The van der Waals surface area contributed by atoms with Crippen molar-refractivity contribution in [1.29, 1.82) is 0 Å². The Morgan fingerprint density at radius 3 is 2.12 bits per heavy atom. The Bertz CT molecular complexity index is 770. The first-order chi connectivity index (χ1) is 11.6. The number of aromatic hydroxyl groups is 2. The van der Waals surface area contributed by atoms with Gasteiger partial charge >= 0.3 is 0 Å². The Hall–Kier alpha value is -3.15. The van der Waals surface area contributed by atoms with E-state index in [4.69, 9.17) is 15.2 Å². The van der Waals surface area contributed by atoms with Crippen LogP contribution in [0, 0.1) is 0 Å². The van der Waals surface area contributed by atoms with Crippen LogP contribution < -0.4 is 15.2 Å². The molecule has 4 N–H and O–H groups in total. The van der Waals surface area contributed by atoms with Crippen LogP contribution in [0.2, 0.25) is 0 Å². The molecule has 24 heavy (non-hydrogen) atoms. The molecule has 0 bridgehead atoms. The number of benzene rings is 2. The van der Waals surface area contributed by atoms with Gasteiger partial charge in [-0.05, 0) is 24.3 Å². The molecule has 2 aromatic carbocycles. The molecule has 0 spiro atoms. The Balaban J connectivity index is 2.12. The summed E-state index contributed by atoms with van der Waals surface area (Å²) in [4.78, 5) is 4.20. The SMILES string of the molecule is COc1cccc(C=NCC(N)=Cc2cccc(OC)c2O)c1O. The molecule has 2 aromatic rings. The Morgan fingerprint density at radius 1 is 1.00 bits per heavy atom. The van der Waals surface area contributed by atoms with E-state index in [1.165, 1.54) is 20.4 Å². The van der Waals surface area contributed by atoms with Crippen molar-refractivity contribution in [1.82, 2.24) is 0 Å². The van der Waals surface area contributed by atoms with Crippen molar-refractivity contribution in [3.8, 4) is 23.0 Å². The quantitative estimate of drug-likeness (QED) is 0.708. The molecule has 0 aliphatic rings. The molecule has 0 atom stereocenters. The lowest BCUT2D eigenvalue weighted by Gasteiger charge is -2.06. The van der Waals surface area contributed by atoms with Gasteiger partial charge in [0, 0.05) is 23.0 Å². The van der Waals surface area contributed by atoms with Crippen LogP contribution in [-0.2, 0) is 0 Å². The smallest absolute Gasteiger partial charge is 0.166 e. The van der Waals surface area contributed by atoms with Crippen molar-refractivity contribution < 1.29 is 19.7 Å². The predicted molar refractivity (Wildman–Crippen MR) is 93.9 cm³/mol. The molecule has 0 amide bonds. The molecule has 0 saturated carbocycles. The summed E-state index contributed by atoms with van der Waals surface area (Å²) >= 11 is 0. The van der Waals surface area contributed by atoms with Gasteiger partial charge in [-0.25, -0.2) is 0 Å². The fourth-order valence-corrected chi connectivity index (χ4v) is 2.12. The van der Waals surface area contributed by atoms with E-state index in [-0.39, 0.29) is 18.0 Å². The van der Waals surface area contributed by atoms with Gasteiger partial charge in [0.2, 0.25) is 0 Å². The number of phenolic OH excluding ortho intramolecular Hbond substituents is 2. The molecule has 126 valence electrons. The molecule has 2 rings (SSSR count). The van der Waals surface area contributed by atoms with E-state index in [1.54, 1.807) is 42.5 Å². The maximum absolute atomic E-state index is 10.0. The van der Waals surface area contributed by atoms with E-state index in [0.717, 1.165) is 0 Å². The van der Waals surface area contributed by atoms with Crippen LogP contribution in [0.4, 0.5) is 0 Å². The van der Waals surface area contributed by atoms with Crippen molar-refractivity contribution in [2.75, 3.05) is 20.8 Å². The number of phenols is 2. The average molecular weight is 328 g/mol. The van der Waals surface area contributed by atoms with Crippen molar-refractivity contribution in [2.24, 2.45) is 10.7 Å². The van der Waals surface area contributed by atoms with E-state index < -0.39 is 0 Å². The molecule has 0 fully saturated rings. The zero-order chi connectivity index (χ0) is 17.5. The average Bonchev–Trinajstić information content (AvgIpc) is 2.58. The minimum Gasteiger partial charge on any atom is -0.504 e. The molecule has 6 heteroatoms. The van der Waals surface area contributed by atoms with E-state index in [0.29, 0.717) is 28.3 Å². The molecule has 0 saturated heterocycles. The van der Waals surface area contributed by atoms with Gasteiger partial charge in [-0.15, -0.1) is 0 Å². The van der Waals surface area contributed by atoms with Gasteiger partial charge in [0.15, 0.2) is 23.0 Å². The summed E-state index contributed by atoms with van der Waals surface area (Å²) in [5.41, 5.74) is 7.47. The highest BCUT2D eigenvalue weighted by molar-refractivity contribution is 5.85. The summed E-state index contributed by atoms with van der Waals surface area (Å²) in [5, 5.41) is 20.0. The number of methoxy groups -OCH3 is 2. The zero-order valence-electron chi connectivity index (χ0n) is 13.6. The van der Waals surface area contributed by atoms with Gasteiger partial charge in [-0.1, -0.05) is 18.2 Å². The van der Waals surface area contributed by atoms with E-state index in [1.807, 2.05) is 0 Å². The fourth-order valence-electron chi connectivity index (χ4n) is 2.12. The highest BCUT2D eigenvalue weighted by atomic mass is 16.5. The second kappa shape index (κ2) is 7.92. The third kappa shape index (κ3) is 3.98. The van der Waals surface area contributed by atoms with Crippen LogP contribution in [0.1, 0.15) is 11.1 Å². The second-order valence-corrected chi connectivity index (χ2v) is 4.99. The first-order valence-corrected chi connectivity index (χ1v) is 7.24. The number of nitrogens with two attached hydrogens (primary N) is 1. The van der Waals surface area contributed by atoms with Crippen molar-refractivity contribution in [3.05, 3.63) is 53.2 Å². The first-order valence-electron chi connectivity index (χ1n) is 7.24. The van der Waals surface area contributed by atoms with Crippen LogP contribution in [0.3, 0.4) is 0 Å². The molecule has 0 heterocycles. The zero-order valence-corrected chi connectivity index (χ0v) is 13.6. The predicted octanol–water partition coefficient (Wildman–Crippen LogP) is 2.53. The number of hydrogen-bond acceptors (Lipinski definition) is 6. The van der Waals surface area contributed by atoms with Crippen LogP contribution in [-0.4, -0.2) is 37.2 Å². The van der Waals surface area contributed by atoms with Gasteiger partial charge in [-0.2, -0.15) is 0 Å². The first kappa shape index (κ1) is 17.2. The minimum atomic E-state index is 0.0248. The lowest BCUT2D eigenvalue weighted by molar-refractivity contribution is 0.373. The van der Waals surface area contributed by atoms with Crippen molar-refractivity contribution in [2.45, 2.75) is 0 Å². The summed E-state index contributed by atoms with van der Waals surface area (Å²) in [6, 6.07) is 10.3. The number of aliphatic imine (C=N–C) groups is 1. The molecule has 6 nitrogen and oxygen atoms in total. The standard InChI is InChI=1S/C18H20N2O4/c1-23-15-7-3-5-12(17(15)21)9-14(19)11-20-10-13-6-4-8-16(24-2)18(13)22/h3-10,21-22H,11,19H2,1-2H3. The minimum absolute atomic E-state index is 0.0248. The number of ether oxygens (including phenoxy) is 2. The third-order valence-corrected chi connectivity index (χ3v) is 3.35. The van der Waals surface area contributed by atoms with Crippen molar-refractivity contribution >= 4 is 12.3 Å². The topological polar surface area (TPSA) is 97.3 Å². The number of rotatable bonds is 6. The molecule has 0 unspecified atom stereocenters. The van der Waals surface area contributed by atoms with Crippen LogP contribution >= 0.6 is 0 Å². The highest BCUT2D eigenvalue weighted by Gasteiger charge is 2.06. The van der Waals surface area contributed by atoms with Gasteiger partial charge in [-0.3, -0.25) is 4.99 Å². The van der Waals surface area contributed by atoms with Gasteiger partial charge in [0.05, 0.1) is 20.8 Å². The molecule has 0 aromatic heterocycles. The Morgan fingerprint density at radius 2 is 1.54 bits per heavy atom. The third-order valence-electron chi connectivity index (χ3n) is 3.35. The summed E-state index contributed by atoms with van der Waals surface area (Å²) in [7, 11) is 2.97. The maximum Gasteiger partial charge on any atom is 0.166 e. The Labute approximate surface area is 140 Å². The summed E-state index contributed by atoms with van der Waals surface area (Å²) in [5.74, 6) is 0.805. The van der Waals surface area contributed by atoms with Crippen LogP contribution in [0.15, 0.2) is 47.1 Å². The summed E-state index contributed by atoms with van der Waals surface area (Å²) in [6.07, 6.45) is 3.14. The second-order valence-electron chi connectivity index (χ2n) is 4.99.